The Kier molecular flexibility index (Phi) is 7.11. The zero-order valence-corrected chi connectivity index (χ0v) is 11.7. The van der Waals surface area contributed by atoms with Crippen LogP contribution in [-0.2, 0) is 0 Å². The number of unbranched alkanes of at least 4 members (excludes halogenated alkanes) is 1. The summed E-state index contributed by atoms with van der Waals surface area (Å²) in [6.45, 7) is 10.9. The fraction of sp³-hybridized carbons (Fsp3) is 1.00. The fourth-order valence-electron chi connectivity index (χ4n) is 2.72. The molecule has 0 aromatic rings. The van der Waals surface area contributed by atoms with Crippen molar-refractivity contribution in [3.8, 4) is 0 Å². The third-order valence-electron chi connectivity index (χ3n) is 4.41. The predicted molar refractivity (Wildman–Crippen MR) is 72.8 cm³/mol. The second kappa shape index (κ2) is 8.11. The van der Waals surface area contributed by atoms with Gasteiger partial charge in [-0.15, -0.1) is 0 Å². The van der Waals surface area contributed by atoms with Gasteiger partial charge in [0.2, 0.25) is 0 Å². The summed E-state index contributed by atoms with van der Waals surface area (Å²) in [6, 6.07) is 0. The second-order valence-corrected chi connectivity index (χ2v) is 5.68. The Labute approximate surface area is 103 Å². The Morgan fingerprint density at radius 3 is 2.38 bits per heavy atom. The van der Waals surface area contributed by atoms with Gasteiger partial charge in [0, 0.05) is 0 Å². The molecule has 0 aromatic carbocycles. The molecule has 1 heterocycles. The van der Waals surface area contributed by atoms with E-state index in [4.69, 9.17) is 0 Å². The van der Waals surface area contributed by atoms with Crippen LogP contribution < -0.4 is 0 Å². The molecule has 1 saturated heterocycles. The topological polar surface area (TPSA) is 3.24 Å². The van der Waals surface area contributed by atoms with Crippen molar-refractivity contribution < 1.29 is 0 Å². The van der Waals surface area contributed by atoms with Gasteiger partial charge in [-0.25, -0.2) is 0 Å². The highest BCUT2D eigenvalue weighted by atomic mass is 15.1. The average molecular weight is 225 g/mol. The van der Waals surface area contributed by atoms with Crippen LogP contribution >= 0.6 is 0 Å². The normalized spacial score (nSPS) is 21.2. The van der Waals surface area contributed by atoms with E-state index in [1.807, 2.05) is 0 Å². The van der Waals surface area contributed by atoms with E-state index in [0.717, 1.165) is 11.8 Å². The largest absolute Gasteiger partial charge is 0.304 e. The molecule has 0 bridgehead atoms. The highest BCUT2D eigenvalue weighted by Gasteiger charge is 2.17. The van der Waals surface area contributed by atoms with Crippen molar-refractivity contribution >= 4 is 0 Å². The molecule has 1 nitrogen and oxygen atoms in total. The molecule has 16 heavy (non-hydrogen) atoms. The van der Waals surface area contributed by atoms with Crippen molar-refractivity contribution in [1.82, 2.24) is 4.90 Å². The van der Waals surface area contributed by atoms with Gasteiger partial charge < -0.3 is 4.90 Å². The van der Waals surface area contributed by atoms with Crippen LogP contribution in [0.5, 0.6) is 0 Å². The van der Waals surface area contributed by atoms with E-state index in [2.05, 4.69) is 25.7 Å². The molecule has 0 aliphatic carbocycles. The van der Waals surface area contributed by atoms with E-state index < -0.39 is 0 Å². The number of hydrogen-bond acceptors (Lipinski definition) is 1. The van der Waals surface area contributed by atoms with Crippen LogP contribution in [0.2, 0.25) is 0 Å². The zero-order valence-electron chi connectivity index (χ0n) is 11.7. The molecule has 0 N–H and O–H groups in total. The first-order chi connectivity index (χ1) is 7.76. The minimum atomic E-state index is 0.946. The van der Waals surface area contributed by atoms with Crippen molar-refractivity contribution in [2.45, 2.75) is 65.7 Å². The minimum absolute atomic E-state index is 0.946. The van der Waals surface area contributed by atoms with Crippen molar-refractivity contribution in [2.75, 3.05) is 19.6 Å². The van der Waals surface area contributed by atoms with Gasteiger partial charge in [-0.2, -0.15) is 0 Å². The molecule has 0 spiro atoms. The van der Waals surface area contributed by atoms with E-state index in [-0.39, 0.29) is 0 Å². The molecule has 96 valence electrons. The van der Waals surface area contributed by atoms with Gasteiger partial charge in [-0.05, 0) is 44.3 Å². The lowest BCUT2D eigenvalue weighted by Gasteiger charge is -2.31. The first-order valence-electron chi connectivity index (χ1n) is 7.48. The van der Waals surface area contributed by atoms with Crippen LogP contribution in [0.25, 0.3) is 0 Å². The number of piperidine rings is 1. The van der Waals surface area contributed by atoms with Crippen LogP contribution in [0.1, 0.15) is 65.7 Å². The quantitative estimate of drug-likeness (QED) is 0.583. The third kappa shape index (κ3) is 5.34. The molecular weight excluding hydrogens is 194 g/mol. The Hall–Kier alpha value is -0.0400. The number of likely N-dealkylation sites (tertiary alicyclic amines) is 1. The average Bonchev–Trinajstić information content (AvgIpc) is 2.35. The summed E-state index contributed by atoms with van der Waals surface area (Å²) in [4.78, 5) is 2.59. The molecule has 1 aliphatic rings. The zero-order chi connectivity index (χ0) is 11.8. The molecular formula is C15H31N. The molecule has 0 saturated carbocycles. The lowest BCUT2D eigenvalue weighted by atomic mass is 9.90. The first kappa shape index (κ1) is 14.0. The van der Waals surface area contributed by atoms with Gasteiger partial charge >= 0.3 is 0 Å². The Morgan fingerprint density at radius 1 is 1.12 bits per heavy atom. The van der Waals surface area contributed by atoms with Crippen molar-refractivity contribution in [3.05, 3.63) is 0 Å². The molecule has 0 amide bonds. The van der Waals surface area contributed by atoms with E-state index in [9.17, 15) is 0 Å². The maximum Gasteiger partial charge on any atom is -0.00162 e. The summed E-state index contributed by atoms with van der Waals surface area (Å²) in [5, 5.41) is 0. The molecule has 0 aromatic heterocycles. The van der Waals surface area contributed by atoms with Gasteiger partial charge in [0.25, 0.3) is 0 Å². The van der Waals surface area contributed by atoms with Crippen molar-refractivity contribution in [2.24, 2.45) is 11.8 Å². The van der Waals surface area contributed by atoms with Crippen LogP contribution in [0.4, 0.5) is 0 Å². The molecule has 1 atom stereocenters. The van der Waals surface area contributed by atoms with Gasteiger partial charge in [-0.1, -0.05) is 52.9 Å². The maximum atomic E-state index is 2.59. The second-order valence-electron chi connectivity index (χ2n) is 5.68. The Balaban J connectivity index is 1.98. The van der Waals surface area contributed by atoms with Gasteiger partial charge in [-0.3, -0.25) is 0 Å². The summed E-state index contributed by atoms with van der Waals surface area (Å²) >= 11 is 0. The molecule has 1 fully saturated rings. The first-order valence-corrected chi connectivity index (χ1v) is 7.48. The number of hydrogen-bond donors (Lipinski definition) is 0. The highest BCUT2D eigenvalue weighted by molar-refractivity contribution is 4.71. The van der Waals surface area contributed by atoms with Gasteiger partial charge in [0.15, 0.2) is 0 Å². The van der Waals surface area contributed by atoms with Gasteiger partial charge in [0.1, 0.15) is 0 Å². The lowest BCUT2D eigenvalue weighted by molar-refractivity contribution is 0.184. The lowest BCUT2D eigenvalue weighted by Crippen LogP contribution is -2.33. The third-order valence-corrected chi connectivity index (χ3v) is 4.41. The smallest absolute Gasteiger partial charge is 0.00162 e. The van der Waals surface area contributed by atoms with E-state index >= 15 is 0 Å². The van der Waals surface area contributed by atoms with E-state index in [1.165, 1.54) is 64.6 Å². The maximum absolute atomic E-state index is 2.59. The summed E-state index contributed by atoms with van der Waals surface area (Å²) < 4.78 is 0. The van der Waals surface area contributed by atoms with Crippen LogP contribution in [0.3, 0.4) is 0 Å². The number of nitrogens with zero attached hydrogens (tertiary/aromatic N) is 1. The standard InChI is InChI=1S/C15H31N/c1-4-14(3)8-6-7-9-15-10-12-16(5-2)13-11-15/h14-15H,4-13H2,1-3H3. The predicted octanol–water partition coefficient (Wildman–Crippen LogP) is 4.32. The molecule has 1 rings (SSSR count). The van der Waals surface area contributed by atoms with E-state index in [1.54, 1.807) is 0 Å². The van der Waals surface area contributed by atoms with Gasteiger partial charge in [0.05, 0.1) is 0 Å². The van der Waals surface area contributed by atoms with Crippen LogP contribution in [-0.4, -0.2) is 24.5 Å². The van der Waals surface area contributed by atoms with Crippen molar-refractivity contribution in [1.29, 1.82) is 0 Å². The monoisotopic (exact) mass is 225 g/mol. The van der Waals surface area contributed by atoms with Crippen LogP contribution in [0, 0.1) is 11.8 Å². The molecule has 0 radical (unpaired) electrons. The van der Waals surface area contributed by atoms with Crippen LogP contribution in [0.15, 0.2) is 0 Å². The fourth-order valence-corrected chi connectivity index (χ4v) is 2.72. The Bertz CT molecular complexity index is 159. The molecule has 1 unspecified atom stereocenters. The molecule has 1 heteroatoms. The van der Waals surface area contributed by atoms with E-state index in [0.29, 0.717) is 0 Å². The highest BCUT2D eigenvalue weighted by Crippen LogP contribution is 2.23. The summed E-state index contributed by atoms with van der Waals surface area (Å²) in [5.74, 6) is 1.99. The summed E-state index contributed by atoms with van der Waals surface area (Å²) in [5.41, 5.74) is 0. The molecule has 1 aliphatic heterocycles. The minimum Gasteiger partial charge on any atom is -0.304 e. The summed E-state index contributed by atoms with van der Waals surface area (Å²) in [7, 11) is 0. The SMILES string of the molecule is CCC(C)CCCCC1CCN(CC)CC1. The Morgan fingerprint density at radius 2 is 1.81 bits per heavy atom. The number of rotatable bonds is 7. The summed E-state index contributed by atoms with van der Waals surface area (Å²) in [6.07, 6.45) is 10.1. The van der Waals surface area contributed by atoms with Crippen molar-refractivity contribution in [3.63, 3.8) is 0 Å².